The van der Waals surface area contributed by atoms with Crippen LogP contribution < -0.4 is 5.32 Å². The van der Waals surface area contributed by atoms with Crippen LogP contribution in [0.2, 0.25) is 10.0 Å². The molecule has 0 radical (unpaired) electrons. The molecule has 210 valence electrons. The number of hydrogen-bond acceptors (Lipinski definition) is 7. The molecule has 42 heavy (non-hydrogen) atoms. The first-order chi connectivity index (χ1) is 20.5. The number of thioether (sulfide) groups is 1. The minimum absolute atomic E-state index is 0.189. The third-order valence-corrected chi connectivity index (χ3v) is 9.15. The molecule has 6 rings (SSSR count). The van der Waals surface area contributed by atoms with Crippen molar-refractivity contribution in [2.75, 3.05) is 0 Å². The lowest BCUT2D eigenvalue weighted by Gasteiger charge is -2.19. The van der Waals surface area contributed by atoms with Crippen molar-refractivity contribution in [1.29, 1.82) is 0 Å². The Hall–Kier alpha value is -3.89. The second-order valence-electron chi connectivity index (χ2n) is 9.26. The van der Waals surface area contributed by atoms with Crippen LogP contribution in [0.4, 0.5) is 0 Å². The molecular weight excluding hydrogens is 609 g/mol. The molecule has 0 aliphatic heterocycles. The summed E-state index contributed by atoms with van der Waals surface area (Å²) in [6.07, 6.45) is 2.26. The van der Waals surface area contributed by atoms with E-state index >= 15 is 0 Å². The smallest absolute Gasteiger partial charge is 0.271 e. The van der Waals surface area contributed by atoms with Crippen molar-refractivity contribution < 1.29 is 9.21 Å². The van der Waals surface area contributed by atoms with Crippen molar-refractivity contribution in [3.8, 4) is 17.3 Å². The van der Waals surface area contributed by atoms with Gasteiger partial charge in [-0.05, 0) is 47.9 Å². The van der Waals surface area contributed by atoms with Gasteiger partial charge >= 0.3 is 0 Å². The van der Waals surface area contributed by atoms with E-state index in [4.69, 9.17) is 27.6 Å². The van der Waals surface area contributed by atoms with Gasteiger partial charge in [-0.15, -0.1) is 21.5 Å². The average Bonchev–Trinajstić information content (AvgIpc) is 3.79. The topological polar surface area (TPSA) is 85.8 Å². The number of nitrogens with one attached hydrogen (secondary N) is 1. The summed E-state index contributed by atoms with van der Waals surface area (Å²) in [4.78, 5) is 17.9. The standard InChI is InChI=1S/C31H23Cl2N5O2S2/c32-23-14-13-22(17-24(23)33)38-29(27-12-7-15-40-27)36-37-31(38)42-19-28-34-26(18-41-28)30(39)35-25(21-10-5-2-6-11-21)16-20-8-3-1-4-9-20/h1-15,17-18,25H,16,19H2,(H,35,39). The number of aromatic nitrogens is 4. The van der Waals surface area contributed by atoms with Crippen LogP contribution in [0.5, 0.6) is 0 Å². The number of rotatable bonds is 10. The Labute approximate surface area is 260 Å². The normalized spacial score (nSPS) is 11.9. The fourth-order valence-electron chi connectivity index (χ4n) is 4.41. The number of benzene rings is 3. The molecule has 1 amide bonds. The number of amides is 1. The molecule has 6 aromatic rings. The van der Waals surface area contributed by atoms with Crippen LogP contribution in [-0.2, 0) is 12.2 Å². The van der Waals surface area contributed by atoms with Gasteiger partial charge in [0, 0.05) is 5.38 Å². The zero-order valence-electron chi connectivity index (χ0n) is 22.0. The Kier molecular flexibility index (Phi) is 8.71. The first kappa shape index (κ1) is 28.2. The van der Waals surface area contributed by atoms with E-state index in [0.717, 1.165) is 21.8 Å². The molecule has 3 aromatic carbocycles. The molecular formula is C31H23Cl2N5O2S2. The predicted molar refractivity (Wildman–Crippen MR) is 168 cm³/mol. The summed E-state index contributed by atoms with van der Waals surface area (Å²) >= 11 is 15.4. The maximum absolute atomic E-state index is 13.3. The molecule has 1 atom stereocenters. The molecule has 1 unspecified atom stereocenters. The number of halogens is 2. The van der Waals surface area contributed by atoms with Crippen molar-refractivity contribution in [3.63, 3.8) is 0 Å². The van der Waals surface area contributed by atoms with E-state index in [-0.39, 0.29) is 11.9 Å². The van der Waals surface area contributed by atoms with Gasteiger partial charge < -0.3 is 9.73 Å². The number of nitrogens with zero attached hydrogens (tertiary/aromatic N) is 4. The molecule has 0 saturated heterocycles. The molecule has 0 spiro atoms. The lowest BCUT2D eigenvalue weighted by molar-refractivity contribution is 0.0932. The molecule has 0 aliphatic rings. The molecule has 0 bridgehead atoms. The molecule has 0 aliphatic carbocycles. The molecule has 0 fully saturated rings. The summed E-state index contributed by atoms with van der Waals surface area (Å²) in [7, 11) is 0. The fraction of sp³-hybridized carbons (Fsp3) is 0.0968. The summed E-state index contributed by atoms with van der Waals surface area (Å²) in [6, 6.07) is 28.8. The van der Waals surface area contributed by atoms with Crippen molar-refractivity contribution in [3.05, 3.63) is 135 Å². The quantitative estimate of drug-likeness (QED) is 0.153. The van der Waals surface area contributed by atoms with Gasteiger partial charge in [0.05, 0.1) is 33.8 Å². The Morgan fingerprint density at radius 3 is 2.48 bits per heavy atom. The highest BCUT2D eigenvalue weighted by Crippen LogP contribution is 2.33. The molecule has 11 heteroatoms. The van der Waals surface area contributed by atoms with E-state index in [0.29, 0.717) is 44.7 Å². The average molecular weight is 633 g/mol. The highest BCUT2D eigenvalue weighted by Gasteiger charge is 2.21. The van der Waals surface area contributed by atoms with Gasteiger partial charge in [-0.25, -0.2) is 4.98 Å². The lowest BCUT2D eigenvalue weighted by atomic mass is 9.99. The maximum Gasteiger partial charge on any atom is 0.271 e. The molecule has 7 nitrogen and oxygen atoms in total. The van der Waals surface area contributed by atoms with Gasteiger partial charge in [0.15, 0.2) is 10.9 Å². The number of carbonyl (C=O) groups excluding carboxylic acids is 1. The van der Waals surface area contributed by atoms with Gasteiger partial charge in [-0.2, -0.15) is 0 Å². The second kappa shape index (κ2) is 13.0. The van der Waals surface area contributed by atoms with E-state index in [1.807, 2.05) is 65.2 Å². The largest absolute Gasteiger partial charge is 0.461 e. The molecule has 0 saturated carbocycles. The highest BCUT2D eigenvalue weighted by atomic mass is 35.5. The first-order valence-corrected chi connectivity index (χ1v) is 15.6. The minimum Gasteiger partial charge on any atom is -0.461 e. The van der Waals surface area contributed by atoms with Crippen molar-refractivity contribution in [2.45, 2.75) is 23.4 Å². The van der Waals surface area contributed by atoms with Gasteiger partial charge in [-0.3, -0.25) is 9.36 Å². The zero-order chi connectivity index (χ0) is 28.9. The van der Waals surface area contributed by atoms with Crippen LogP contribution in [0.25, 0.3) is 17.3 Å². The van der Waals surface area contributed by atoms with E-state index in [1.165, 1.54) is 23.1 Å². The Balaban J connectivity index is 1.19. The third-order valence-electron chi connectivity index (χ3n) is 6.44. The van der Waals surface area contributed by atoms with Crippen LogP contribution >= 0.6 is 46.3 Å². The highest BCUT2D eigenvalue weighted by molar-refractivity contribution is 7.98. The zero-order valence-corrected chi connectivity index (χ0v) is 25.1. The number of hydrogen-bond donors (Lipinski definition) is 1. The summed E-state index contributed by atoms with van der Waals surface area (Å²) < 4.78 is 7.46. The van der Waals surface area contributed by atoms with Crippen LogP contribution in [0.3, 0.4) is 0 Å². The van der Waals surface area contributed by atoms with E-state index < -0.39 is 0 Å². The summed E-state index contributed by atoms with van der Waals surface area (Å²) in [5.41, 5.74) is 3.30. The van der Waals surface area contributed by atoms with Crippen LogP contribution in [0.1, 0.15) is 32.7 Å². The van der Waals surface area contributed by atoms with Crippen molar-refractivity contribution in [2.24, 2.45) is 0 Å². The summed E-state index contributed by atoms with van der Waals surface area (Å²) in [5, 5.41) is 16.0. The number of carbonyl (C=O) groups is 1. The molecule has 3 aromatic heterocycles. The van der Waals surface area contributed by atoms with Gasteiger partial charge in [0.25, 0.3) is 5.91 Å². The predicted octanol–water partition coefficient (Wildman–Crippen LogP) is 8.30. The fourth-order valence-corrected chi connectivity index (χ4v) is 6.45. The van der Waals surface area contributed by atoms with Gasteiger partial charge in [0.2, 0.25) is 5.82 Å². The van der Waals surface area contributed by atoms with E-state index in [2.05, 4.69) is 32.6 Å². The minimum atomic E-state index is -0.216. The Bertz CT molecular complexity index is 1790. The Morgan fingerprint density at radius 2 is 1.74 bits per heavy atom. The first-order valence-electron chi connectivity index (χ1n) is 13.0. The van der Waals surface area contributed by atoms with Crippen LogP contribution in [0.15, 0.2) is 112 Å². The Morgan fingerprint density at radius 1 is 0.952 bits per heavy atom. The monoisotopic (exact) mass is 631 g/mol. The number of furan rings is 1. The molecule has 3 heterocycles. The van der Waals surface area contributed by atoms with Crippen LogP contribution in [0, 0.1) is 0 Å². The van der Waals surface area contributed by atoms with Crippen molar-refractivity contribution in [1.82, 2.24) is 25.1 Å². The van der Waals surface area contributed by atoms with E-state index in [1.54, 1.807) is 29.8 Å². The third kappa shape index (κ3) is 6.44. The number of thiazole rings is 1. The van der Waals surface area contributed by atoms with Gasteiger partial charge in [-0.1, -0.05) is 95.6 Å². The SMILES string of the molecule is O=C(NC(Cc1ccccc1)c1ccccc1)c1csc(CSc2nnc(-c3ccco3)n2-c2ccc(Cl)c(Cl)c2)n1. The van der Waals surface area contributed by atoms with E-state index in [9.17, 15) is 4.79 Å². The van der Waals surface area contributed by atoms with Crippen molar-refractivity contribution >= 4 is 52.2 Å². The van der Waals surface area contributed by atoms with Crippen LogP contribution in [-0.4, -0.2) is 25.7 Å². The summed E-state index contributed by atoms with van der Waals surface area (Å²) in [6.45, 7) is 0. The lowest BCUT2D eigenvalue weighted by Crippen LogP contribution is -2.30. The van der Waals surface area contributed by atoms with Gasteiger partial charge in [0.1, 0.15) is 10.7 Å². The maximum atomic E-state index is 13.3. The summed E-state index contributed by atoms with van der Waals surface area (Å²) in [5.74, 6) is 1.37. The molecule has 1 N–H and O–H groups in total. The second-order valence-corrected chi connectivity index (χ2v) is 12.0.